The fourth-order valence-electron chi connectivity index (χ4n) is 2.39. The lowest BCUT2D eigenvalue weighted by Gasteiger charge is -2.38. The van der Waals surface area contributed by atoms with Crippen molar-refractivity contribution in [1.29, 1.82) is 5.26 Å². The van der Waals surface area contributed by atoms with Gasteiger partial charge in [0, 0.05) is 18.6 Å². The summed E-state index contributed by atoms with van der Waals surface area (Å²) < 4.78 is 0. The van der Waals surface area contributed by atoms with Crippen LogP contribution in [0, 0.1) is 11.3 Å². The fraction of sp³-hybridized carbons (Fsp3) is 0.917. The van der Waals surface area contributed by atoms with Gasteiger partial charge in [-0.2, -0.15) is 5.26 Å². The van der Waals surface area contributed by atoms with Crippen LogP contribution >= 0.6 is 0 Å². The first-order valence-corrected chi connectivity index (χ1v) is 6.13. The van der Waals surface area contributed by atoms with Gasteiger partial charge in [-0.25, -0.2) is 0 Å². The third-order valence-electron chi connectivity index (χ3n) is 3.17. The molecule has 0 aromatic rings. The van der Waals surface area contributed by atoms with Crippen molar-refractivity contribution < 1.29 is 0 Å². The first-order valence-electron chi connectivity index (χ1n) is 6.13. The predicted molar refractivity (Wildman–Crippen MR) is 62.6 cm³/mol. The van der Waals surface area contributed by atoms with E-state index in [1.807, 2.05) is 0 Å². The average Bonchev–Trinajstić information content (AvgIpc) is 2.27. The van der Waals surface area contributed by atoms with E-state index in [1.54, 1.807) is 0 Å². The maximum atomic E-state index is 8.76. The number of rotatable bonds is 5. The summed E-state index contributed by atoms with van der Waals surface area (Å²) in [4.78, 5) is 2.51. The van der Waals surface area contributed by atoms with Crippen LogP contribution in [0.4, 0.5) is 0 Å². The molecule has 1 aliphatic rings. The summed E-state index contributed by atoms with van der Waals surface area (Å²) in [7, 11) is 0. The van der Waals surface area contributed by atoms with Gasteiger partial charge in [-0.15, -0.1) is 0 Å². The Morgan fingerprint density at radius 3 is 2.93 bits per heavy atom. The Hall–Kier alpha value is -0.590. The highest BCUT2D eigenvalue weighted by Gasteiger charge is 2.23. The molecule has 1 N–H and O–H groups in total. The second kappa shape index (κ2) is 6.81. The summed E-state index contributed by atoms with van der Waals surface area (Å²) in [5.74, 6) is 0. The number of nitriles is 1. The number of hydrogen-bond acceptors (Lipinski definition) is 3. The monoisotopic (exact) mass is 209 g/mol. The molecule has 86 valence electrons. The van der Waals surface area contributed by atoms with Crippen molar-refractivity contribution in [2.24, 2.45) is 0 Å². The van der Waals surface area contributed by atoms with Crippen LogP contribution in [-0.4, -0.2) is 36.6 Å². The van der Waals surface area contributed by atoms with E-state index in [9.17, 15) is 0 Å². The molecule has 0 aliphatic carbocycles. The van der Waals surface area contributed by atoms with Crippen molar-refractivity contribution in [2.75, 3.05) is 19.6 Å². The minimum Gasteiger partial charge on any atom is -0.315 e. The molecule has 1 heterocycles. The third-order valence-corrected chi connectivity index (χ3v) is 3.17. The molecule has 0 aromatic heterocycles. The van der Waals surface area contributed by atoms with Crippen LogP contribution in [0.3, 0.4) is 0 Å². The van der Waals surface area contributed by atoms with E-state index >= 15 is 0 Å². The van der Waals surface area contributed by atoms with Gasteiger partial charge in [-0.1, -0.05) is 6.92 Å². The highest BCUT2D eigenvalue weighted by molar-refractivity contribution is 4.86. The Labute approximate surface area is 93.5 Å². The van der Waals surface area contributed by atoms with Gasteiger partial charge in [0.2, 0.25) is 0 Å². The molecule has 1 aliphatic heterocycles. The van der Waals surface area contributed by atoms with Gasteiger partial charge in [0.15, 0.2) is 0 Å². The van der Waals surface area contributed by atoms with Crippen LogP contribution in [0.2, 0.25) is 0 Å². The molecule has 1 saturated heterocycles. The second-order valence-electron chi connectivity index (χ2n) is 4.45. The van der Waals surface area contributed by atoms with E-state index in [-0.39, 0.29) is 0 Å². The largest absolute Gasteiger partial charge is 0.315 e. The topological polar surface area (TPSA) is 39.1 Å². The quantitative estimate of drug-likeness (QED) is 0.750. The van der Waals surface area contributed by atoms with Crippen molar-refractivity contribution in [2.45, 2.75) is 51.6 Å². The Bertz CT molecular complexity index is 203. The van der Waals surface area contributed by atoms with E-state index in [2.05, 4.69) is 30.1 Å². The molecule has 2 unspecified atom stereocenters. The van der Waals surface area contributed by atoms with Crippen LogP contribution in [0.1, 0.15) is 39.5 Å². The van der Waals surface area contributed by atoms with Gasteiger partial charge in [0.1, 0.15) is 0 Å². The molecule has 1 fully saturated rings. The molecule has 0 saturated carbocycles. The molecule has 3 nitrogen and oxygen atoms in total. The van der Waals surface area contributed by atoms with Gasteiger partial charge in [-0.3, -0.25) is 4.90 Å². The van der Waals surface area contributed by atoms with Crippen molar-refractivity contribution in [3.63, 3.8) is 0 Å². The van der Waals surface area contributed by atoms with E-state index < -0.39 is 0 Å². The van der Waals surface area contributed by atoms with Gasteiger partial charge >= 0.3 is 0 Å². The first-order chi connectivity index (χ1) is 7.29. The molecule has 0 amide bonds. The lowest BCUT2D eigenvalue weighted by atomic mass is 10.0. The molecule has 1 rings (SSSR count). The van der Waals surface area contributed by atoms with Crippen LogP contribution in [0.15, 0.2) is 0 Å². The lowest BCUT2D eigenvalue weighted by molar-refractivity contribution is 0.122. The Morgan fingerprint density at radius 2 is 2.40 bits per heavy atom. The summed E-state index contributed by atoms with van der Waals surface area (Å²) in [6.07, 6.45) is 4.37. The van der Waals surface area contributed by atoms with Gasteiger partial charge in [-0.05, 0) is 39.3 Å². The van der Waals surface area contributed by atoms with Crippen LogP contribution in [0.25, 0.3) is 0 Å². The molecule has 0 bridgehead atoms. The minimum atomic E-state index is 0.403. The van der Waals surface area contributed by atoms with Crippen molar-refractivity contribution in [1.82, 2.24) is 10.2 Å². The van der Waals surface area contributed by atoms with Crippen LogP contribution in [0.5, 0.6) is 0 Å². The maximum Gasteiger partial charge on any atom is 0.0638 e. The normalized spacial score (nSPS) is 23.7. The van der Waals surface area contributed by atoms with Gasteiger partial charge < -0.3 is 5.32 Å². The summed E-state index contributed by atoms with van der Waals surface area (Å²) in [5.41, 5.74) is 0. The third kappa shape index (κ3) is 3.81. The Kier molecular flexibility index (Phi) is 5.67. The molecule has 0 aromatic carbocycles. The van der Waals surface area contributed by atoms with Crippen molar-refractivity contribution in [3.8, 4) is 6.07 Å². The first kappa shape index (κ1) is 12.5. The minimum absolute atomic E-state index is 0.403. The highest BCUT2D eigenvalue weighted by atomic mass is 15.2. The smallest absolute Gasteiger partial charge is 0.0638 e. The molecular formula is C12H23N3. The van der Waals surface area contributed by atoms with Crippen molar-refractivity contribution in [3.05, 3.63) is 0 Å². The Morgan fingerprint density at radius 1 is 1.60 bits per heavy atom. The zero-order valence-electron chi connectivity index (χ0n) is 10.00. The predicted octanol–water partition coefficient (Wildman–Crippen LogP) is 1.75. The van der Waals surface area contributed by atoms with Crippen LogP contribution < -0.4 is 5.32 Å². The molecule has 3 heteroatoms. The molecule has 0 spiro atoms. The van der Waals surface area contributed by atoms with Gasteiger partial charge in [0.05, 0.1) is 12.5 Å². The lowest BCUT2D eigenvalue weighted by Crippen LogP contribution is -2.49. The number of nitrogens with zero attached hydrogens (tertiary/aromatic N) is 2. The summed E-state index contributed by atoms with van der Waals surface area (Å²) in [5, 5.41) is 12.2. The second-order valence-corrected chi connectivity index (χ2v) is 4.45. The van der Waals surface area contributed by atoms with Crippen LogP contribution in [-0.2, 0) is 0 Å². The Balaban J connectivity index is 2.51. The van der Waals surface area contributed by atoms with E-state index in [0.29, 0.717) is 18.5 Å². The average molecular weight is 209 g/mol. The number of nitrogens with one attached hydrogen (secondary N) is 1. The standard InChI is InChI=1S/C12H23N3/c1-3-9-15(11(2)6-7-13)12-5-4-8-14-10-12/h11-12,14H,3-6,8-10H2,1-2H3. The number of hydrogen-bond donors (Lipinski definition) is 1. The van der Waals surface area contributed by atoms with Gasteiger partial charge in [0.25, 0.3) is 0 Å². The highest BCUT2D eigenvalue weighted by Crippen LogP contribution is 2.15. The summed E-state index contributed by atoms with van der Waals surface area (Å²) in [6.45, 7) is 7.75. The molecule has 0 radical (unpaired) electrons. The summed E-state index contributed by atoms with van der Waals surface area (Å²) >= 11 is 0. The van der Waals surface area contributed by atoms with E-state index in [1.165, 1.54) is 19.3 Å². The fourth-order valence-corrected chi connectivity index (χ4v) is 2.39. The van der Waals surface area contributed by atoms with E-state index in [4.69, 9.17) is 5.26 Å². The number of piperidine rings is 1. The zero-order chi connectivity index (χ0) is 11.1. The van der Waals surface area contributed by atoms with E-state index in [0.717, 1.165) is 19.6 Å². The maximum absolute atomic E-state index is 8.76. The SMILES string of the molecule is CCCN(C(C)CC#N)C1CCCNC1. The molecular weight excluding hydrogens is 186 g/mol. The van der Waals surface area contributed by atoms with Crippen molar-refractivity contribution >= 4 is 0 Å². The molecule has 2 atom stereocenters. The summed E-state index contributed by atoms with van der Waals surface area (Å²) in [6, 6.07) is 3.33. The zero-order valence-corrected chi connectivity index (χ0v) is 10.00. The molecule has 15 heavy (non-hydrogen) atoms.